The van der Waals surface area contributed by atoms with E-state index < -0.39 is 0 Å². The van der Waals surface area contributed by atoms with Crippen molar-refractivity contribution in [2.75, 3.05) is 12.4 Å². The Bertz CT molecular complexity index is 1130. The maximum Gasteiger partial charge on any atom is 0.165 e. The van der Waals surface area contributed by atoms with Gasteiger partial charge in [0.2, 0.25) is 0 Å². The number of anilines is 1. The quantitative estimate of drug-likeness (QED) is 0.569. The lowest BCUT2D eigenvalue weighted by molar-refractivity contribution is 0.416. The molecule has 3 aromatic heterocycles. The number of rotatable bonds is 5. The Morgan fingerprint density at radius 3 is 2.64 bits per heavy atom. The number of hydrogen-bond donors (Lipinski definition) is 1. The van der Waals surface area contributed by atoms with Crippen molar-refractivity contribution in [3.05, 3.63) is 54.1 Å². The molecule has 0 saturated heterocycles. The Hall–Kier alpha value is -3.35. The van der Waals surface area contributed by atoms with Crippen molar-refractivity contribution in [2.45, 2.75) is 33.7 Å². The molecule has 0 amide bonds. The van der Waals surface area contributed by atoms with E-state index in [1.165, 1.54) is 0 Å². The number of hydrogen-bond acceptors (Lipinski definition) is 5. The monoisotopic (exact) mass is 376 g/mol. The first kappa shape index (κ1) is 18.0. The smallest absolute Gasteiger partial charge is 0.165 e. The molecular formula is C21H24N6O. The van der Waals surface area contributed by atoms with Gasteiger partial charge in [0.05, 0.1) is 24.1 Å². The third-order valence-corrected chi connectivity index (χ3v) is 4.55. The number of benzene rings is 1. The van der Waals surface area contributed by atoms with Gasteiger partial charge in [-0.25, -0.2) is 9.67 Å². The van der Waals surface area contributed by atoms with Gasteiger partial charge in [0.1, 0.15) is 11.6 Å². The Labute approximate surface area is 164 Å². The lowest BCUT2D eigenvalue weighted by Crippen LogP contribution is -2.14. The Morgan fingerprint density at radius 1 is 1.14 bits per heavy atom. The highest BCUT2D eigenvalue weighted by Gasteiger charge is 2.20. The second-order valence-corrected chi connectivity index (χ2v) is 7.11. The molecule has 0 aliphatic heterocycles. The Balaban J connectivity index is 1.92. The van der Waals surface area contributed by atoms with Crippen molar-refractivity contribution in [1.82, 2.24) is 24.4 Å². The van der Waals surface area contributed by atoms with Crippen LogP contribution in [0.4, 0.5) is 5.82 Å². The SMILES string of the molecule is COc1cc(-n2cccn2)ccc1-c1c(C)nn2c(NC(C)C)cc(C)nc12. The van der Waals surface area contributed by atoms with Gasteiger partial charge >= 0.3 is 0 Å². The molecule has 1 N–H and O–H groups in total. The van der Waals surface area contributed by atoms with Crippen LogP contribution in [-0.4, -0.2) is 37.5 Å². The molecule has 0 spiro atoms. The van der Waals surface area contributed by atoms with Crippen LogP contribution in [0.5, 0.6) is 5.75 Å². The molecule has 0 bridgehead atoms. The number of aryl methyl sites for hydroxylation is 2. The molecule has 144 valence electrons. The predicted molar refractivity (Wildman–Crippen MR) is 110 cm³/mol. The van der Waals surface area contributed by atoms with Gasteiger partial charge in [0.15, 0.2) is 5.65 Å². The average Bonchev–Trinajstić information content (AvgIpc) is 3.29. The molecule has 7 nitrogen and oxygen atoms in total. The summed E-state index contributed by atoms with van der Waals surface area (Å²) in [6.07, 6.45) is 3.66. The zero-order valence-corrected chi connectivity index (χ0v) is 16.8. The molecule has 1 aromatic carbocycles. The molecule has 0 fully saturated rings. The Morgan fingerprint density at radius 2 is 1.96 bits per heavy atom. The minimum atomic E-state index is 0.292. The molecule has 0 radical (unpaired) electrons. The molecule has 0 unspecified atom stereocenters. The normalized spacial score (nSPS) is 11.4. The van der Waals surface area contributed by atoms with Crippen LogP contribution in [0.15, 0.2) is 42.7 Å². The topological polar surface area (TPSA) is 69.3 Å². The number of nitrogens with one attached hydrogen (secondary N) is 1. The summed E-state index contributed by atoms with van der Waals surface area (Å²) in [4.78, 5) is 4.78. The van der Waals surface area contributed by atoms with E-state index >= 15 is 0 Å². The van der Waals surface area contributed by atoms with Gasteiger partial charge in [0, 0.05) is 41.8 Å². The van der Waals surface area contributed by atoms with Crippen LogP contribution in [0.3, 0.4) is 0 Å². The highest BCUT2D eigenvalue weighted by molar-refractivity contribution is 5.85. The van der Waals surface area contributed by atoms with E-state index in [-0.39, 0.29) is 0 Å². The van der Waals surface area contributed by atoms with E-state index in [2.05, 4.69) is 24.3 Å². The lowest BCUT2D eigenvalue weighted by Gasteiger charge is -2.13. The minimum Gasteiger partial charge on any atom is -0.496 e. The molecule has 4 rings (SSSR count). The van der Waals surface area contributed by atoms with Crippen molar-refractivity contribution >= 4 is 11.5 Å². The third-order valence-electron chi connectivity index (χ3n) is 4.55. The van der Waals surface area contributed by atoms with Crippen molar-refractivity contribution in [3.8, 4) is 22.6 Å². The molecule has 0 atom stereocenters. The largest absolute Gasteiger partial charge is 0.496 e. The lowest BCUT2D eigenvalue weighted by atomic mass is 10.0. The number of nitrogens with zero attached hydrogens (tertiary/aromatic N) is 5. The molecule has 0 aliphatic carbocycles. The summed E-state index contributed by atoms with van der Waals surface area (Å²) in [7, 11) is 1.68. The molecule has 0 saturated carbocycles. The van der Waals surface area contributed by atoms with Crippen LogP contribution < -0.4 is 10.1 Å². The second-order valence-electron chi connectivity index (χ2n) is 7.11. The summed E-state index contributed by atoms with van der Waals surface area (Å²) in [6.45, 7) is 8.21. The van der Waals surface area contributed by atoms with E-state index in [1.807, 2.05) is 59.6 Å². The number of methoxy groups -OCH3 is 1. The molecular weight excluding hydrogens is 352 g/mol. The van der Waals surface area contributed by atoms with Crippen molar-refractivity contribution in [3.63, 3.8) is 0 Å². The van der Waals surface area contributed by atoms with Crippen molar-refractivity contribution in [2.24, 2.45) is 0 Å². The van der Waals surface area contributed by atoms with Crippen LogP contribution in [0, 0.1) is 13.8 Å². The summed E-state index contributed by atoms with van der Waals surface area (Å²) < 4.78 is 9.40. The molecule has 3 heterocycles. The van der Waals surface area contributed by atoms with Gasteiger partial charge < -0.3 is 10.1 Å². The Kier molecular flexibility index (Phi) is 4.50. The van der Waals surface area contributed by atoms with Gasteiger partial charge in [-0.15, -0.1) is 0 Å². The van der Waals surface area contributed by atoms with Gasteiger partial charge in [-0.3, -0.25) is 0 Å². The van der Waals surface area contributed by atoms with Crippen LogP contribution in [-0.2, 0) is 0 Å². The van der Waals surface area contributed by atoms with Crippen molar-refractivity contribution < 1.29 is 4.74 Å². The van der Waals surface area contributed by atoms with E-state index in [0.29, 0.717) is 6.04 Å². The predicted octanol–water partition coefficient (Wildman–Crippen LogP) is 4.03. The van der Waals surface area contributed by atoms with Gasteiger partial charge in [-0.05, 0) is 45.9 Å². The summed E-state index contributed by atoms with van der Waals surface area (Å²) >= 11 is 0. The molecule has 4 aromatic rings. The van der Waals surface area contributed by atoms with Crippen LogP contribution in [0.2, 0.25) is 0 Å². The maximum atomic E-state index is 5.72. The fourth-order valence-electron chi connectivity index (χ4n) is 3.41. The third kappa shape index (κ3) is 3.09. The molecule has 7 heteroatoms. The first-order valence-electron chi connectivity index (χ1n) is 9.30. The zero-order chi connectivity index (χ0) is 19.8. The average molecular weight is 376 g/mol. The van der Waals surface area contributed by atoms with Crippen LogP contribution in [0.1, 0.15) is 25.2 Å². The van der Waals surface area contributed by atoms with Gasteiger partial charge in [-0.2, -0.15) is 14.7 Å². The van der Waals surface area contributed by atoms with E-state index in [4.69, 9.17) is 14.8 Å². The zero-order valence-electron chi connectivity index (χ0n) is 16.8. The van der Waals surface area contributed by atoms with Gasteiger partial charge in [-0.1, -0.05) is 0 Å². The first-order valence-corrected chi connectivity index (χ1v) is 9.30. The standard InChI is InChI=1S/C21H24N6O/c1-13(2)23-19-11-14(3)24-21-20(15(4)25-27(19)21)17-8-7-16(12-18(17)28-5)26-10-6-9-22-26/h6-13,23H,1-5H3. The first-order chi connectivity index (χ1) is 13.5. The van der Waals surface area contributed by atoms with E-state index in [1.54, 1.807) is 13.3 Å². The number of fused-ring (bicyclic) bond motifs is 1. The van der Waals surface area contributed by atoms with E-state index in [0.717, 1.165) is 45.4 Å². The fourth-order valence-corrected chi connectivity index (χ4v) is 3.41. The molecule has 28 heavy (non-hydrogen) atoms. The van der Waals surface area contributed by atoms with Crippen LogP contribution >= 0.6 is 0 Å². The fraction of sp³-hybridized carbons (Fsp3) is 0.286. The van der Waals surface area contributed by atoms with E-state index in [9.17, 15) is 0 Å². The maximum absolute atomic E-state index is 5.72. The summed E-state index contributed by atoms with van der Waals surface area (Å²) in [5, 5.41) is 12.5. The van der Waals surface area contributed by atoms with Crippen LogP contribution in [0.25, 0.3) is 22.5 Å². The number of aromatic nitrogens is 5. The van der Waals surface area contributed by atoms with Crippen molar-refractivity contribution in [1.29, 1.82) is 0 Å². The summed E-state index contributed by atoms with van der Waals surface area (Å²) in [5.74, 6) is 1.69. The second kappa shape index (κ2) is 6.99. The minimum absolute atomic E-state index is 0.292. The van der Waals surface area contributed by atoms with Gasteiger partial charge in [0.25, 0.3) is 0 Å². The number of ether oxygens (including phenoxy) is 1. The summed E-state index contributed by atoms with van der Waals surface area (Å²) in [5.41, 5.74) is 5.51. The summed E-state index contributed by atoms with van der Waals surface area (Å²) in [6, 6.07) is 10.2. The highest BCUT2D eigenvalue weighted by atomic mass is 16.5. The highest BCUT2D eigenvalue weighted by Crippen LogP contribution is 2.36. The molecule has 0 aliphatic rings.